The van der Waals surface area contributed by atoms with Crippen LogP contribution in [0.5, 0.6) is 23.0 Å². The van der Waals surface area contributed by atoms with E-state index in [1.165, 1.54) is 37.6 Å². The van der Waals surface area contributed by atoms with Gasteiger partial charge in [-0.1, -0.05) is 30.1 Å². The first-order valence-electron chi connectivity index (χ1n) is 19.0. The number of rotatable bonds is 10. The van der Waals surface area contributed by atoms with Crippen LogP contribution in [0.1, 0.15) is 45.4 Å². The molecule has 7 N–H and O–H groups in total. The number of hydrogen-bond acceptors (Lipinski definition) is 9. The molecule has 5 amide bonds. The molecule has 0 aliphatic heterocycles. The number of benzene rings is 4. The van der Waals surface area contributed by atoms with Gasteiger partial charge in [0.25, 0.3) is 11.8 Å². The molecule has 22 heteroatoms. The second-order valence-corrected chi connectivity index (χ2v) is 13.9. The minimum Gasteiger partial charge on any atom is -0.457 e. The predicted octanol–water partition coefficient (Wildman–Crippen LogP) is 11.1. The maximum atomic E-state index is 12.9. The van der Waals surface area contributed by atoms with Crippen LogP contribution in [-0.4, -0.2) is 47.8 Å². The Morgan fingerprint density at radius 2 is 0.970 bits per heavy atom. The van der Waals surface area contributed by atoms with Gasteiger partial charge in [0.1, 0.15) is 34.4 Å². The minimum atomic E-state index is -4.64. The van der Waals surface area contributed by atoms with E-state index < -0.39 is 34.5 Å². The van der Waals surface area contributed by atoms with Crippen molar-refractivity contribution in [1.82, 2.24) is 20.6 Å². The summed E-state index contributed by atoms with van der Waals surface area (Å²) in [6, 6.07) is 25.1. The van der Waals surface area contributed by atoms with Gasteiger partial charge in [-0.15, -0.1) is 0 Å². The van der Waals surface area contributed by atoms with Crippen molar-refractivity contribution < 1.29 is 55.0 Å². The molecule has 2 heterocycles. The normalized spacial score (nSPS) is 10.7. The van der Waals surface area contributed by atoms with Gasteiger partial charge in [0.05, 0.1) is 21.2 Å². The molecule has 0 bridgehead atoms. The van der Waals surface area contributed by atoms with Crippen LogP contribution in [0.15, 0.2) is 122 Å². The van der Waals surface area contributed by atoms with Crippen LogP contribution >= 0.6 is 23.2 Å². The summed E-state index contributed by atoms with van der Waals surface area (Å²) in [5.41, 5.74) is 4.76. The number of nitrogens with one attached hydrogen (secondary N) is 5. The van der Waals surface area contributed by atoms with Gasteiger partial charge in [0.2, 0.25) is 5.91 Å². The van der Waals surface area contributed by atoms with Gasteiger partial charge < -0.3 is 41.8 Å². The Labute approximate surface area is 382 Å². The van der Waals surface area contributed by atoms with E-state index in [1.807, 2.05) is 0 Å². The number of anilines is 4. The zero-order valence-corrected chi connectivity index (χ0v) is 36.2. The molecule has 0 spiro atoms. The highest BCUT2D eigenvalue weighted by Gasteiger charge is 2.34. The molecule has 4 aromatic carbocycles. The average Bonchev–Trinajstić information content (AvgIpc) is 3.28. The zero-order valence-electron chi connectivity index (χ0n) is 34.7. The van der Waals surface area contributed by atoms with E-state index >= 15 is 0 Å². The molecular formula is C44H38Cl2F6N8O6. The Balaban J connectivity index is 0.000000241. The van der Waals surface area contributed by atoms with Crippen molar-refractivity contribution in [3.05, 3.63) is 154 Å². The Hall–Kier alpha value is -7.58. The highest BCUT2D eigenvalue weighted by Crippen LogP contribution is 2.37. The lowest BCUT2D eigenvalue weighted by Gasteiger charge is -2.12. The van der Waals surface area contributed by atoms with Gasteiger partial charge >= 0.3 is 18.4 Å². The zero-order chi connectivity index (χ0) is 48.6. The van der Waals surface area contributed by atoms with E-state index in [4.69, 9.17) is 38.4 Å². The molecule has 0 fully saturated rings. The summed E-state index contributed by atoms with van der Waals surface area (Å²) < 4.78 is 86.4. The summed E-state index contributed by atoms with van der Waals surface area (Å²) in [4.78, 5) is 54.5. The fraction of sp³-hybridized carbons (Fsp3) is 0.136. The fourth-order valence-corrected chi connectivity index (χ4v) is 5.51. The van der Waals surface area contributed by atoms with Crippen molar-refractivity contribution >= 4 is 69.7 Å². The van der Waals surface area contributed by atoms with Gasteiger partial charge in [-0.25, -0.2) is 4.79 Å². The largest absolute Gasteiger partial charge is 0.457 e. The van der Waals surface area contributed by atoms with Crippen LogP contribution in [-0.2, 0) is 17.1 Å². The van der Waals surface area contributed by atoms with Crippen molar-refractivity contribution in [2.75, 3.05) is 35.8 Å². The number of ether oxygens (including phenoxy) is 2. The monoisotopic (exact) mass is 958 g/mol. The molecule has 0 unspecified atom stereocenters. The van der Waals surface area contributed by atoms with E-state index in [2.05, 4.69) is 36.6 Å². The van der Waals surface area contributed by atoms with Crippen LogP contribution in [0.4, 0.5) is 53.9 Å². The van der Waals surface area contributed by atoms with Gasteiger partial charge in [0, 0.05) is 67.8 Å². The molecule has 2 aromatic heterocycles. The van der Waals surface area contributed by atoms with Gasteiger partial charge in [0.15, 0.2) is 0 Å². The summed E-state index contributed by atoms with van der Waals surface area (Å²) in [5.74, 6) is 1.26. The number of halogens is 8. The summed E-state index contributed by atoms with van der Waals surface area (Å²) in [5, 5.41) is 11.8. The van der Waals surface area contributed by atoms with Crippen molar-refractivity contribution in [1.29, 1.82) is 0 Å². The Morgan fingerprint density at radius 3 is 1.39 bits per heavy atom. The van der Waals surface area contributed by atoms with Crippen LogP contribution in [0.3, 0.4) is 0 Å². The van der Waals surface area contributed by atoms with Crippen molar-refractivity contribution in [3.8, 4) is 23.0 Å². The fourth-order valence-electron chi connectivity index (χ4n) is 5.06. The van der Waals surface area contributed by atoms with Crippen molar-refractivity contribution in [2.24, 2.45) is 0 Å². The smallest absolute Gasteiger partial charge is 0.417 e. The molecule has 6 rings (SSSR count). The highest BCUT2D eigenvalue weighted by molar-refractivity contribution is 6.31. The highest BCUT2D eigenvalue weighted by atomic mass is 35.5. The molecule has 0 atom stereocenters. The first kappa shape index (κ1) is 51.1. The topological polar surface area (TPSA) is 199 Å². The first-order chi connectivity index (χ1) is 31.2. The van der Waals surface area contributed by atoms with E-state index in [-0.39, 0.29) is 45.5 Å². The number of nitrogens with two attached hydrogens (primary N) is 1. The third kappa shape index (κ3) is 15.9. The number of aromatic nitrogens is 2. The third-order valence-corrected chi connectivity index (χ3v) is 8.91. The van der Waals surface area contributed by atoms with Crippen molar-refractivity contribution in [2.45, 2.75) is 25.7 Å². The Morgan fingerprint density at radius 1 is 0.561 bits per heavy atom. The maximum absolute atomic E-state index is 12.9. The first-order valence-corrected chi connectivity index (χ1v) is 19.7. The molecule has 14 nitrogen and oxygen atoms in total. The SMILES string of the molecule is CCC(=O)Nc1ccc(Oc2ccnc(C(=O)NC)c2)cc1.CNC(=O)c1cc(Oc2ccc(NC(=O)Nc3ccc(Cl)c(C(F)(F)F)c3)cc2)ccn1.Nc1ccc(Cl)c(C(F)(F)F)c1. The quantitative estimate of drug-likeness (QED) is 0.0571. The number of urea groups is 1. The maximum Gasteiger partial charge on any atom is 0.417 e. The number of pyridine rings is 2. The molecule has 0 aliphatic rings. The van der Waals surface area contributed by atoms with Crippen LogP contribution in [0.25, 0.3) is 0 Å². The molecule has 0 aliphatic carbocycles. The number of hydrogen-bond donors (Lipinski definition) is 6. The molecule has 346 valence electrons. The van der Waals surface area contributed by atoms with Crippen LogP contribution in [0, 0.1) is 0 Å². The number of nitrogen functional groups attached to an aromatic ring is 1. The minimum absolute atomic E-state index is 0.0435. The summed E-state index contributed by atoms with van der Waals surface area (Å²) in [6.45, 7) is 1.79. The molecule has 0 saturated carbocycles. The summed E-state index contributed by atoms with van der Waals surface area (Å²) in [7, 11) is 3.03. The lowest BCUT2D eigenvalue weighted by atomic mass is 10.2. The van der Waals surface area contributed by atoms with Crippen LogP contribution in [0.2, 0.25) is 10.0 Å². The molecular weight excluding hydrogens is 921 g/mol. The van der Waals surface area contributed by atoms with E-state index in [0.29, 0.717) is 40.8 Å². The number of carbonyl (C=O) groups excluding carboxylic acids is 4. The van der Waals surface area contributed by atoms with Gasteiger partial charge in [-0.2, -0.15) is 26.3 Å². The van der Waals surface area contributed by atoms with E-state index in [0.717, 1.165) is 24.3 Å². The van der Waals surface area contributed by atoms with Gasteiger partial charge in [-0.05, 0) is 97.1 Å². The van der Waals surface area contributed by atoms with E-state index in [9.17, 15) is 45.5 Å². The van der Waals surface area contributed by atoms with E-state index in [1.54, 1.807) is 80.7 Å². The molecule has 6 aromatic rings. The van der Waals surface area contributed by atoms with Crippen LogP contribution < -0.4 is 41.8 Å². The number of nitrogens with zero attached hydrogens (tertiary/aromatic N) is 2. The number of amides is 5. The Bertz CT molecular complexity index is 2640. The second kappa shape index (κ2) is 23.4. The predicted molar refractivity (Wildman–Crippen MR) is 237 cm³/mol. The molecule has 0 saturated heterocycles. The third-order valence-electron chi connectivity index (χ3n) is 8.25. The lowest BCUT2D eigenvalue weighted by Crippen LogP contribution is -2.19. The summed E-state index contributed by atoms with van der Waals surface area (Å²) in [6.07, 6.45) is -5.71. The number of alkyl halides is 6. The molecule has 0 radical (unpaired) electrons. The summed E-state index contributed by atoms with van der Waals surface area (Å²) >= 11 is 10.9. The second-order valence-electron chi connectivity index (χ2n) is 13.1. The van der Waals surface area contributed by atoms with Crippen molar-refractivity contribution in [3.63, 3.8) is 0 Å². The van der Waals surface area contributed by atoms with Gasteiger partial charge in [-0.3, -0.25) is 24.4 Å². The molecule has 66 heavy (non-hydrogen) atoms. The average molecular weight is 960 g/mol. The Kier molecular flexibility index (Phi) is 18.1. The lowest BCUT2D eigenvalue weighted by molar-refractivity contribution is -0.138. The standard InChI is InChI=1S/C21H16ClF3N4O3.C16H17N3O3.C7H5ClF3N/c1-26-19(30)18-11-15(8-9-27-18)32-14-5-2-12(3-6-14)28-20(31)29-13-4-7-17(22)16(10-13)21(23,24)25;1-3-15(20)19-11-4-6-12(7-5-11)22-13-8-9-18-14(10-13)16(21)17-2;8-6-2-1-4(12)3-5(6)7(9,10)11/h2-11H,1H3,(H,26,30)(H2,28,29,31);4-10H,3H2,1-2H3,(H,17,21)(H,19,20);1-3H,12H2. The number of carbonyl (C=O) groups is 4.